The molecule has 0 aliphatic carbocycles. The highest BCUT2D eigenvalue weighted by Gasteiger charge is 2.10. The molecule has 0 radical (unpaired) electrons. The van der Waals surface area contributed by atoms with Crippen LogP contribution in [0, 0.1) is 6.92 Å². The lowest BCUT2D eigenvalue weighted by atomic mass is 10.1. The minimum atomic E-state index is -0.515. The molecule has 6 nitrogen and oxygen atoms in total. The smallest absolute Gasteiger partial charge is 0.249 e. The Hall–Kier alpha value is -3.45. The van der Waals surface area contributed by atoms with E-state index in [0.717, 1.165) is 10.0 Å². The SMILES string of the molecule is Cc1ccc(COc2ccccc2C=NNC(=O)CC(=O)Nc2ccccc2Br)cc1. The number of nitrogens with zero attached hydrogens (tertiary/aromatic N) is 1. The van der Waals surface area contributed by atoms with Crippen LogP contribution in [0.1, 0.15) is 23.1 Å². The van der Waals surface area contributed by atoms with Crippen LogP contribution in [0.4, 0.5) is 5.69 Å². The molecular formula is C24H22BrN3O3. The van der Waals surface area contributed by atoms with Crippen LogP contribution >= 0.6 is 15.9 Å². The summed E-state index contributed by atoms with van der Waals surface area (Å²) in [4.78, 5) is 24.1. The van der Waals surface area contributed by atoms with Crippen molar-refractivity contribution in [1.29, 1.82) is 0 Å². The number of carbonyl (C=O) groups is 2. The maximum absolute atomic E-state index is 12.0. The van der Waals surface area contributed by atoms with E-state index in [9.17, 15) is 9.59 Å². The van der Waals surface area contributed by atoms with Crippen LogP contribution in [0.3, 0.4) is 0 Å². The van der Waals surface area contributed by atoms with E-state index in [0.29, 0.717) is 23.6 Å². The Bertz CT molecular complexity index is 1080. The molecule has 158 valence electrons. The van der Waals surface area contributed by atoms with Crippen molar-refractivity contribution in [2.24, 2.45) is 5.10 Å². The van der Waals surface area contributed by atoms with Gasteiger partial charge in [0.05, 0.1) is 11.9 Å². The number of nitrogens with one attached hydrogen (secondary N) is 2. The molecule has 0 aromatic heterocycles. The van der Waals surface area contributed by atoms with Gasteiger partial charge in [0.1, 0.15) is 18.8 Å². The first-order valence-electron chi connectivity index (χ1n) is 9.65. The molecular weight excluding hydrogens is 458 g/mol. The third-order valence-electron chi connectivity index (χ3n) is 4.30. The second-order valence-corrected chi connectivity index (χ2v) is 7.66. The van der Waals surface area contributed by atoms with Gasteiger partial charge in [0.2, 0.25) is 11.8 Å². The van der Waals surface area contributed by atoms with Crippen LogP contribution in [0.2, 0.25) is 0 Å². The molecule has 0 saturated heterocycles. The first-order chi connectivity index (χ1) is 15.0. The van der Waals surface area contributed by atoms with E-state index in [1.165, 1.54) is 11.8 Å². The zero-order valence-corrected chi connectivity index (χ0v) is 18.6. The Kier molecular flexibility index (Phi) is 7.95. The van der Waals surface area contributed by atoms with E-state index in [4.69, 9.17) is 4.74 Å². The van der Waals surface area contributed by atoms with Crippen molar-refractivity contribution in [2.75, 3.05) is 5.32 Å². The van der Waals surface area contributed by atoms with Crippen molar-refractivity contribution in [2.45, 2.75) is 20.0 Å². The van der Waals surface area contributed by atoms with E-state index < -0.39 is 11.8 Å². The van der Waals surface area contributed by atoms with Gasteiger partial charge in [-0.25, -0.2) is 5.43 Å². The number of amides is 2. The molecule has 2 N–H and O–H groups in total. The van der Waals surface area contributed by atoms with E-state index in [1.54, 1.807) is 18.2 Å². The van der Waals surface area contributed by atoms with Gasteiger partial charge in [-0.2, -0.15) is 5.10 Å². The van der Waals surface area contributed by atoms with Gasteiger partial charge < -0.3 is 10.1 Å². The van der Waals surface area contributed by atoms with Crippen LogP contribution in [-0.4, -0.2) is 18.0 Å². The summed E-state index contributed by atoms with van der Waals surface area (Å²) in [6.07, 6.45) is 1.15. The first kappa shape index (κ1) is 22.2. The lowest BCUT2D eigenvalue weighted by molar-refractivity contribution is -0.126. The summed E-state index contributed by atoms with van der Waals surface area (Å²) in [6.45, 7) is 2.46. The largest absolute Gasteiger partial charge is 0.488 e. The molecule has 0 atom stereocenters. The minimum Gasteiger partial charge on any atom is -0.488 e. The lowest BCUT2D eigenvalue weighted by Crippen LogP contribution is -2.24. The molecule has 7 heteroatoms. The number of hydrogen-bond acceptors (Lipinski definition) is 4. The van der Waals surface area contributed by atoms with Gasteiger partial charge in [-0.15, -0.1) is 0 Å². The number of ether oxygens (including phenoxy) is 1. The van der Waals surface area contributed by atoms with E-state index >= 15 is 0 Å². The van der Waals surface area contributed by atoms with Crippen LogP contribution in [0.15, 0.2) is 82.4 Å². The van der Waals surface area contributed by atoms with Crippen molar-refractivity contribution >= 4 is 39.6 Å². The number of para-hydroxylation sites is 2. The molecule has 0 spiro atoms. The Balaban J connectivity index is 1.52. The maximum Gasteiger partial charge on any atom is 0.249 e. The number of halogens is 1. The summed E-state index contributed by atoms with van der Waals surface area (Å²) in [5.74, 6) is -0.298. The molecule has 3 rings (SSSR count). The zero-order chi connectivity index (χ0) is 22.1. The zero-order valence-electron chi connectivity index (χ0n) is 17.0. The molecule has 31 heavy (non-hydrogen) atoms. The number of hydrogen-bond donors (Lipinski definition) is 2. The van der Waals surface area contributed by atoms with Gasteiger partial charge in [0.25, 0.3) is 0 Å². The molecule has 3 aromatic carbocycles. The summed E-state index contributed by atoms with van der Waals surface area (Å²) < 4.78 is 6.63. The molecule has 0 heterocycles. The standard InChI is InChI=1S/C24H22BrN3O3/c1-17-10-12-18(13-11-17)16-31-22-9-5-2-6-19(22)15-26-28-24(30)14-23(29)27-21-8-4-3-7-20(21)25/h2-13,15H,14,16H2,1H3,(H,27,29)(H,28,30). The second kappa shape index (κ2) is 11.1. The van der Waals surface area contributed by atoms with Crippen LogP contribution in [0.5, 0.6) is 5.75 Å². The average molecular weight is 480 g/mol. The van der Waals surface area contributed by atoms with Gasteiger partial charge in [0.15, 0.2) is 0 Å². The van der Waals surface area contributed by atoms with Gasteiger partial charge in [-0.3, -0.25) is 9.59 Å². The predicted octanol–water partition coefficient (Wildman–Crippen LogP) is 4.82. The number of hydrazone groups is 1. The number of carbonyl (C=O) groups excluding carboxylic acids is 2. The van der Waals surface area contributed by atoms with Crippen molar-refractivity contribution in [3.8, 4) is 5.75 Å². The molecule has 3 aromatic rings. The topological polar surface area (TPSA) is 79.8 Å². The third-order valence-corrected chi connectivity index (χ3v) is 4.99. The number of rotatable bonds is 8. The predicted molar refractivity (Wildman–Crippen MR) is 125 cm³/mol. The fraction of sp³-hybridized carbons (Fsp3) is 0.125. The normalized spacial score (nSPS) is 10.6. The Morgan fingerprint density at radius 3 is 2.45 bits per heavy atom. The quantitative estimate of drug-likeness (QED) is 0.276. The Morgan fingerprint density at radius 2 is 1.68 bits per heavy atom. The summed E-state index contributed by atoms with van der Waals surface area (Å²) in [5, 5.41) is 6.63. The molecule has 0 unspecified atom stereocenters. The van der Waals surface area contributed by atoms with Gasteiger partial charge in [-0.1, -0.05) is 54.1 Å². The summed E-state index contributed by atoms with van der Waals surface area (Å²) in [7, 11) is 0. The van der Waals surface area contributed by atoms with Gasteiger partial charge in [-0.05, 0) is 52.7 Å². The third kappa shape index (κ3) is 7.08. The summed E-state index contributed by atoms with van der Waals surface area (Å²) in [6, 6.07) is 22.7. The molecule has 0 aliphatic heterocycles. The van der Waals surface area contributed by atoms with Crippen LogP contribution < -0.4 is 15.5 Å². The van der Waals surface area contributed by atoms with E-state index in [2.05, 4.69) is 31.8 Å². The molecule has 0 aliphatic rings. The number of benzene rings is 3. The lowest BCUT2D eigenvalue weighted by Gasteiger charge is -2.09. The summed E-state index contributed by atoms with van der Waals surface area (Å²) in [5.41, 5.74) is 5.94. The fourth-order valence-electron chi connectivity index (χ4n) is 2.68. The minimum absolute atomic E-state index is 0.343. The summed E-state index contributed by atoms with van der Waals surface area (Å²) >= 11 is 3.35. The molecule has 0 fully saturated rings. The maximum atomic E-state index is 12.0. The highest BCUT2D eigenvalue weighted by atomic mass is 79.9. The highest BCUT2D eigenvalue weighted by Crippen LogP contribution is 2.21. The van der Waals surface area contributed by atoms with Crippen molar-refractivity contribution in [3.63, 3.8) is 0 Å². The van der Waals surface area contributed by atoms with Crippen molar-refractivity contribution in [3.05, 3.63) is 94.0 Å². The Morgan fingerprint density at radius 1 is 0.968 bits per heavy atom. The first-order valence-corrected chi connectivity index (χ1v) is 10.4. The van der Waals surface area contributed by atoms with E-state index in [-0.39, 0.29) is 6.42 Å². The number of anilines is 1. The van der Waals surface area contributed by atoms with E-state index in [1.807, 2.05) is 61.5 Å². The average Bonchev–Trinajstić information content (AvgIpc) is 2.76. The number of aryl methyl sites for hydroxylation is 1. The van der Waals surface area contributed by atoms with Crippen LogP contribution in [0.25, 0.3) is 0 Å². The molecule has 0 bridgehead atoms. The molecule has 2 amide bonds. The van der Waals surface area contributed by atoms with Gasteiger partial charge in [0, 0.05) is 10.0 Å². The molecule has 0 saturated carbocycles. The fourth-order valence-corrected chi connectivity index (χ4v) is 3.06. The highest BCUT2D eigenvalue weighted by molar-refractivity contribution is 9.10. The van der Waals surface area contributed by atoms with Crippen molar-refractivity contribution < 1.29 is 14.3 Å². The Labute approximate surface area is 189 Å². The van der Waals surface area contributed by atoms with Crippen molar-refractivity contribution in [1.82, 2.24) is 5.43 Å². The van der Waals surface area contributed by atoms with Gasteiger partial charge >= 0.3 is 0 Å². The monoisotopic (exact) mass is 479 g/mol. The van der Waals surface area contributed by atoms with Crippen LogP contribution in [-0.2, 0) is 16.2 Å². The second-order valence-electron chi connectivity index (χ2n) is 6.81.